The molecular weight excluding hydrogens is 246 g/mol. The number of nitro groups is 1. The zero-order valence-electron chi connectivity index (χ0n) is 11.4. The standard InChI is InChI=1S/C13H19N3O3/c1-4-9(2)8-15-11-6-5-10(13(17)14-3)7-12(11)16(18)19/h5-7,9,15H,4,8H2,1-3H3,(H,14,17). The SMILES string of the molecule is CCC(C)CNc1ccc(C(=O)NC)cc1[N+](=O)[O-]. The minimum atomic E-state index is -0.481. The first-order chi connectivity index (χ1) is 8.99. The second kappa shape index (κ2) is 6.72. The summed E-state index contributed by atoms with van der Waals surface area (Å²) in [5.74, 6) is 0.0924. The third-order valence-electron chi connectivity index (χ3n) is 3.02. The van der Waals surface area contributed by atoms with Gasteiger partial charge in [-0.25, -0.2) is 0 Å². The highest BCUT2D eigenvalue weighted by Gasteiger charge is 2.17. The van der Waals surface area contributed by atoms with E-state index in [2.05, 4.69) is 24.5 Å². The Balaban J connectivity index is 2.98. The molecule has 1 amide bonds. The summed E-state index contributed by atoms with van der Waals surface area (Å²) in [6.45, 7) is 4.80. The number of amides is 1. The van der Waals surface area contributed by atoms with Gasteiger partial charge < -0.3 is 10.6 Å². The molecule has 0 fully saturated rings. The maximum absolute atomic E-state index is 11.5. The van der Waals surface area contributed by atoms with Gasteiger partial charge in [0.1, 0.15) is 5.69 Å². The van der Waals surface area contributed by atoms with E-state index in [0.29, 0.717) is 18.2 Å². The van der Waals surface area contributed by atoms with Crippen LogP contribution >= 0.6 is 0 Å². The molecule has 19 heavy (non-hydrogen) atoms. The fourth-order valence-electron chi connectivity index (χ4n) is 1.55. The number of rotatable bonds is 6. The van der Waals surface area contributed by atoms with Gasteiger partial charge in [0.15, 0.2) is 0 Å². The van der Waals surface area contributed by atoms with Crippen molar-refractivity contribution in [1.29, 1.82) is 0 Å². The molecule has 1 aromatic rings. The van der Waals surface area contributed by atoms with Gasteiger partial charge in [0.2, 0.25) is 0 Å². The lowest BCUT2D eigenvalue weighted by Crippen LogP contribution is -2.18. The Labute approximate surface area is 112 Å². The molecule has 0 saturated carbocycles. The molecule has 1 atom stereocenters. The molecule has 0 spiro atoms. The van der Waals surface area contributed by atoms with Gasteiger partial charge in [-0.3, -0.25) is 14.9 Å². The summed E-state index contributed by atoms with van der Waals surface area (Å²) in [4.78, 5) is 22.0. The van der Waals surface area contributed by atoms with Crippen molar-refractivity contribution >= 4 is 17.3 Å². The van der Waals surface area contributed by atoms with Gasteiger partial charge in [-0.1, -0.05) is 20.3 Å². The molecule has 104 valence electrons. The Morgan fingerprint density at radius 2 is 2.16 bits per heavy atom. The molecule has 0 bridgehead atoms. The number of benzene rings is 1. The number of anilines is 1. The van der Waals surface area contributed by atoms with Crippen molar-refractivity contribution in [2.24, 2.45) is 5.92 Å². The van der Waals surface area contributed by atoms with Crippen molar-refractivity contribution in [3.63, 3.8) is 0 Å². The molecule has 1 unspecified atom stereocenters. The van der Waals surface area contributed by atoms with Gasteiger partial charge in [0.25, 0.3) is 11.6 Å². The van der Waals surface area contributed by atoms with Crippen LogP contribution in [0.1, 0.15) is 30.6 Å². The molecule has 2 N–H and O–H groups in total. The van der Waals surface area contributed by atoms with E-state index in [9.17, 15) is 14.9 Å². The van der Waals surface area contributed by atoms with E-state index in [4.69, 9.17) is 0 Å². The molecule has 0 saturated heterocycles. The summed E-state index contributed by atoms with van der Waals surface area (Å²) in [6, 6.07) is 4.44. The lowest BCUT2D eigenvalue weighted by atomic mass is 10.1. The van der Waals surface area contributed by atoms with Crippen LogP contribution in [0.2, 0.25) is 0 Å². The van der Waals surface area contributed by atoms with E-state index in [1.54, 1.807) is 12.1 Å². The van der Waals surface area contributed by atoms with Gasteiger partial charge in [0, 0.05) is 25.2 Å². The summed E-state index contributed by atoms with van der Waals surface area (Å²) in [5, 5.41) is 16.5. The van der Waals surface area contributed by atoms with E-state index in [1.165, 1.54) is 13.1 Å². The third kappa shape index (κ3) is 3.94. The van der Waals surface area contributed by atoms with Crippen molar-refractivity contribution in [1.82, 2.24) is 5.32 Å². The molecule has 0 aromatic heterocycles. The molecule has 1 rings (SSSR count). The number of hydrogen-bond acceptors (Lipinski definition) is 4. The van der Waals surface area contributed by atoms with E-state index >= 15 is 0 Å². The van der Waals surface area contributed by atoms with Gasteiger partial charge in [-0.05, 0) is 18.1 Å². The first-order valence-corrected chi connectivity index (χ1v) is 6.24. The van der Waals surface area contributed by atoms with E-state index in [1.807, 2.05) is 0 Å². The Morgan fingerprint density at radius 3 is 2.68 bits per heavy atom. The maximum Gasteiger partial charge on any atom is 0.293 e. The number of carbonyl (C=O) groups is 1. The van der Waals surface area contributed by atoms with Crippen LogP contribution in [-0.4, -0.2) is 24.4 Å². The molecule has 0 radical (unpaired) electrons. The normalized spacial score (nSPS) is 11.7. The van der Waals surface area contributed by atoms with Crippen LogP contribution in [0.25, 0.3) is 0 Å². The van der Waals surface area contributed by atoms with Gasteiger partial charge >= 0.3 is 0 Å². The van der Waals surface area contributed by atoms with E-state index in [-0.39, 0.29) is 17.2 Å². The Bertz CT molecular complexity index is 474. The van der Waals surface area contributed by atoms with Gasteiger partial charge in [0.05, 0.1) is 4.92 Å². The molecule has 0 aliphatic heterocycles. The van der Waals surface area contributed by atoms with Gasteiger partial charge in [-0.15, -0.1) is 0 Å². The largest absolute Gasteiger partial charge is 0.379 e. The Hall–Kier alpha value is -2.11. The Morgan fingerprint density at radius 1 is 1.47 bits per heavy atom. The topological polar surface area (TPSA) is 84.3 Å². The van der Waals surface area contributed by atoms with Crippen LogP contribution in [0, 0.1) is 16.0 Å². The minimum absolute atomic E-state index is 0.0793. The predicted molar refractivity (Wildman–Crippen MR) is 74.4 cm³/mol. The highest BCUT2D eigenvalue weighted by Crippen LogP contribution is 2.26. The van der Waals surface area contributed by atoms with Crippen LogP contribution in [0.15, 0.2) is 18.2 Å². The van der Waals surface area contributed by atoms with Crippen molar-refractivity contribution < 1.29 is 9.72 Å². The zero-order valence-corrected chi connectivity index (χ0v) is 11.4. The van der Waals surface area contributed by atoms with Gasteiger partial charge in [-0.2, -0.15) is 0 Å². The molecule has 1 aromatic carbocycles. The van der Waals surface area contributed by atoms with Crippen LogP contribution < -0.4 is 10.6 Å². The monoisotopic (exact) mass is 265 g/mol. The second-order valence-corrected chi connectivity index (χ2v) is 4.46. The molecule has 0 aliphatic carbocycles. The third-order valence-corrected chi connectivity index (χ3v) is 3.02. The highest BCUT2D eigenvalue weighted by atomic mass is 16.6. The number of nitrogens with zero attached hydrogens (tertiary/aromatic N) is 1. The van der Waals surface area contributed by atoms with E-state index < -0.39 is 4.92 Å². The van der Waals surface area contributed by atoms with Crippen molar-refractivity contribution in [2.75, 3.05) is 18.9 Å². The van der Waals surface area contributed by atoms with Crippen LogP contribution in [0.3, 0.4) is 0 Å². The summed E-state index contributed by atoms with van der Waals surface area (Å²) >= 11 is 0. The Kier molecular flexibility index (Phi) is 5.29. The summed E-state index contributed by atoms with van der Waals surface area (Å²) in [6.07, 6.45) is 0.997. The smallest absolute Gasteiger partial charge is 0.293 e. The fraction of sp³-hybridized carbons (Fsp3) is 0.462. The van der Waals surface area contributed by atoms with Crippen molar-refractivity contribution in [3.8, 4) is 0 Å². The first-order valence-electron chi connectivity index (χ1n) is 6.24. The first kappa shape index (κ1) is 14.9. The highest BCUT2D eigenvalue weighted by molar-refractivity contribution is 5.95. The summed E-state index contributed by atoms with van der Waals surface area (Å²) in [7, 11) is 1.49. The zero-order chi connectivity index (χ0) is 14.4. The molecular formula is C13H19N3O3. The summed E-state index contributed by atoms with van der Waals surface area (Å²) in [5.41, 5.74) is 0.644. The molecule has 6 nitrogen and oxygen atoms in total. The summed E-state index contributed by atoms with van der Waals surface area (Å²) < 4.78 is 0. The maximum atomic E-state index is 11.5. The second-order valence-electron chi connectivity index (χ2n) is 4.46. The fourth-order valence-corrected chi connectivity index (χ4v) is 1.55. The average molecular weight is 265 g/mol. The van der Waals surface area contributed by atoms with Crippen LogP contribution in [0.5, 0.6) is 0 Å². The van der Waals surface area contributed by atoms with Crippen molar-refractivity contribution in [3.05, 3.63) is 33.9 Å². The number of carbonyl (C=O) groups excluding carboxylic acids is 1. The average Bonchev–Trinajstić information content (AvgIpc) is 2.43. The number of hydrogen-bond donors (Lipinski definition) is 2. The lowest BCUT2D eigenvalue weighted by Gasteiger charge is -2.12. The van der Waals surface area contributed by atoms with Crippen LogP contribution in [-0.2, 0) is 0 Å². The molecule has 6 heteroatoms. The predicted octanol–water partition coefficient (Wildman–Crippen LogP) is 2.41. The van der Waals surface area contributed by atoms with Crippen LogP contribution in [0.4, 0.5) is 11.4 Å². The number of nitro benzene ring substituents is 1. The quantitative estimate of drug-likeness (QED) is 0.611. The molecule has 0 aliphatic rings. The molecule has 0 heterocycles. The lowest BCUT2D eigenvalue weighted by molar-refractivity contribution is -0.384. The van der Waals surface area contributed by atoms with E-state index in [0.717, 1.165) is 6.42 Å². The van der Waals surface area contributed by atoms with Crippen molar-refractivity contribution in [2.45, 2.75) is 20.3 Å². The number of nitrogens with one attached hydrogen (secondary N) is 2. The minimum Gasteiger partial charge on any atom is -0.379 e.